The Morgan fingerprint density at radius 3 is 2.40 bits per heavy atom. The van der Waals surface area contributed by atoms with Crippen LogP contribution in [0.2, 0.25) is 0 Å². The van der Waals surface area contributed by atoms with Gasteiger partial charge in [0.2, 0.25) is 0 Å². The lowest BCUT2D eigenvalue weighted by atomic mass is 10.7. The van der Waals surface area contributed by atoms with Crippen LogP contribution in [0.3, 0.4) is 0 Å². The third-order valence-electron chi connectivity index (χ3n) is 0.646. The summed E-state index contributed by atoms with van der Waals surface area (Å²) in [7, 11) is -4.02. The molecule has 0 fully saturated rings. The molecule has 0 saturated heterocycles. The van der Waals surface area contributed by atoms with E-state index < -0.39 is 21.9 Å². The van der Waals surface area contributed by atoms with E-state index in [-0.39, 0.29) is 6.54 Å². The van der Waals surface area contributed by atoms with Gasteiger partial charge in [-0.15, -0.1) is 0 Å². The molecular weight excluding hydrogens is 160 g/mol. The lowest BCUT2D eigenvalue weighted by Gasteiger charge is -1.96. The molecule has 2 amide bonds. The molecule has 0 rings (SSSR count). The van der Waals surface area contributed by atoms with Gasteiger partial charge in [0.15, 0.2) is 0 Å². The van der Waals surface area contributed by atoms with Gasteiger partial charge in [0.25, 0.3) is 10.1 Å². The Kier molecular flexibility index (Phi) is 3.10. The van der Waals surface area contributed by atoms with Crippen LogP contribution in [0.25, 0.3) is 0 Å². The SMILES string of the molecule is [NH]C(=O)NCCS(=O)(=O)O. The predicted octanol–water partition coefficient (Wildman–Crippen LogP) is -1.13. The van der Waals surface area contributed by atoms with Gasteiger partial charge in [0, 0.05) is 6.54 Å². The molecule has 0 atom stereocenters. The molecule has 10 heavy (non-hydrogen) atoms. The van der Waals surface area contributed by atoms with Crippen LogP contribution >= 0.6 is 0 Å². The van der Waals surface area contributed by atoms with E-state index in [1.165, 1.54) is 0 Å². The molecule has 0 spiro atoms. The quantitative estimate of drug-likeness (QED) is 0.518. The minimum Gasteiger partial charge on any atom is -0.336 e. The molecule has 0 aromatic heterocycles. The maximum Gasteiger partial charge on any atom is 0.333 e. The number of rotatable bonds is 3. The summed E-state index contributed by atoms with van der Waals surface area (Å²) < 4.78 is 28.0. The predicted molar refractivity (Wildman–Crippen MR) is 32.9 cm³/mol. The average molecular weight is 167 g/mol. The molecule has 0 saturated carbocycles. The van der Waals surface area contributed by atoms with E-state index in [0.29, 0.717) is 0 Å². The highest BCUT2D eigenvalue weighted by molar-refractivity contribution is 7.85. The molecule has 3 N–H and O–H groups in total. The molecule has 0 aromatic carbocycles. The highest BCUT2D eigenvalue weighted by Crippen LogP contribution is 1.77. The number of carbonyl (C=O) groups excluding carboxylic acids is 1. The van der Waals surface area contributed by atoms with Crippen LogP contribution < -0.4 is 11.1 Å². The molecule has 1 radical (unpaired) electrons. The summed E-state index contributed by atoms with van der Waals surface area (Å²) in [6.07, 6.45) is 0. The van der Waals surface area contributed by atoms with Gasteiger partial charge in [-0.05, 0) is 0 Å². The molecule has 0 aromatic rings. The zero-order valence-corrected chi connectivity index (χ0v) is 5.81. The molecule has 59 valence electrons. The first-order valence-electron chi connectivity index (χ1n) is 2.36. The van der Waals surface area contributed by atoms with Gasteiger partial charge in [0.1, 0.15) is 0 Å². The van der Waals surface area contributed by atoms with E-state index in [9.17, 15) is 13.2 Å². The van der Waals surface area contributed by atoms with Crippen LogP contribution in [0.5, 0.6) is 0 Å². The summed E-state index contributed by atoms with van der Waals surface area (Å²) in [5.74, 6) is -0.558. The summed E-state index contributed by atoms with van der Waals surface area (Å²) in [5, 5.41) is 1.89. The molecule has 0 aliphatic carbocycles. The van der Waals surface area contributed by atoms with Crippen molar-refractivity contribution in [1.82, 2.24) is 11.1 Å². The van der Waals surface area contributed by atoms with E-state index in [4.69, 9.17) is 10.3 Å². The van der Waals surface area contributed by atoms with Gasteiger partial charge < -0.3 is 5.32 Å². The first-order valence-corrected chi connectivity index (χ1v) is 3.97. The highest BCUT2D eigenvalue weighted by atomic mass is 32.2. The second-order valence-corrected chi connectivity index (χ2v) is 3.11. The van der Waals surface area contributed by atoms with Crippen molar-refractivity contribution in [3.63, 3.8) is 0 Å². The third kappa shape index (κ3) is 7.18. The monoisotopic (exact) mass is 167 g/mol. The number of carbonyl (C=O) groups is 1. The van der Waals surface area contributed by atoms with Crippen LogP contribution in [0.1, 0.15) is 0 Å². The Bertz CT molecular complexity index is 209. The highest BCUT2D eigenvalue weighted by Gasteiger charge is 2.03. The van der Waals surface area contributed by atoms with Gasteiger partial charge >= 0.3 is 6.03 Å². The smallest absolute Gasteiger partial charge is 0.333 e. The minimum atomic E-state index is -4.02. The fraction of sp³-hybridized carbons (Fsp3) is 0.667. The van der Waals surface area contributed by atoms with Gasteiger partial charge in [-0.25, -0.2) is 10.5 Å². The first kappa shape index (κ1) is 9.18. The summed E-state index contributed by atoms with van der Waals surface area (Å²) in [6.45, 7) is -0.235. The number of urea groups is 1. The fourth-order valence-corrected chi connectivity index (χ4v) is 0.654. The maximum atomic E-state index is 9.96. The Hall–Kier alpha value is -0.820. The molecular formula is C3H7N2O4S. The molecule has 0 bridgehead atoms. The lowest BCUT2D eigenvalue weighted by molar-refractivity contribution is 0.248. The molecule has 0 unspecified atom stereocenters. The second-order valence-electron chi connectivity index (χ2n) is 1.54. The van der Waals surface area contributed by atoms with Gasteiger partial charge in [-0.3, -0.25) is 4.55 Å². The maximum absolute atomic E-state index is 9.96. The topological polar surface area (TPSA) is 107 Å². The van der Waals surface area contributed by atoms with Crippen molar-refractivity contribution in [3.05, 3.63) is 0 Å². The lowest BCUT2D eigenvalue weighted by Crippen LogP contribution is -2.28. The fourth-order valence-electron chi connectivity index (χ4n) is 0.294. The molecule has 6 nitrogen and oxygen atoms in total. The van der Waals surface area contributed by atoms with Crippen LogP contribution in [0, 0.1) is 0 Å². The van der Waals surface area contributed by atoms with Gasteiger partial charge in [0.05, 0.1) is 5.75 Å². The normalized spacial score (nSPS) is 10.9. The van der Waals surface area contributed by atoms with Gasteiger partial charge in [-0.1, -0.05) is 0 Å². The van der Waals surface area contributed by atoms with E-state index in [2.05, 4.69) is 0 Å². The zero-order chi connectivity index (χ0) is 8.20. The number of hydrogen-bond donors (Lipinski definition) is 2. The number of nitrogens with one attached hydrogen (secondary N) is 2. The summed E-state index contributed by atoms with van der Waals surface area (Å²) in [4.78, 5) is 9.81. The van der Waals surface area contributed by atoms with Crippen LogP contribution in [0.15, 0.2) is 0 Å². The van der Waals surface area contributed by atoms with E-state index in [1.807, 2.05) is 5.32 Å². The molecule has 0 aliphatic heterocycles. The second kappa shape index (κ2) is 3.37. The largest absolute Gasteiger partial charge is 0.336 e. The van der Waals surface area contributed by atoms with Crippen molar-refractivity contribution in [3.8, 4) is 0 Å². The summed E-state index contributed by atoms with van der Waals surface area (Å²) in [6, 6.07) is -1.07. The van der Waals surface area contributed by atoms with Crippen molar-refractivity contribution >= 4 is 16.1 Å². The van der Waals surface area contributed by atoms with Crippen LogP contribution in [-0.2, 0) is 10.1 Å². The van der Waals surface area contributed by atoms with E-state index in [0.717, 1.165) is 0 Å². The van der Waals surface area contributed by atoms with Crippen molar-refractivity contribution in [1.29, 1.82) is 0 Å². The standard InChI is InChI=1S/C3H7N2O4S/c4-3(6)5-1-2-10(7,8)9/h4H,1-2H2,(H,5,6)(H,7,8,9). The van der Waals surface area contributed by atoms with E-state index >= 15 is 0 Å². The van der Waals surface area contributed by atoms with Crippen molar-refractivity contribution in [2.75, 3.05) is 12.3 Å². The summed E-state index contributed by atoms with van der Waals surface area (Å²) >= 11 is 0. The summed E-state index contributed by atoms with van der Waals surface area (Å²) in [5.41, 5.74) is 6.26. The molecule has 0 heterocycles. The Labute approximate surface area is 58.1 Å². The average Bonchev–Trinajstić information content (AvgIpc) is 1.59. The van der Waals surface area contributed by atoms with Crippen molar-refractivity contribution in [2.24, 2.45) is 0 Å². The Balaban J connectivity index is 3.49. The van der Waals surface area contributed by atoms with Crippen molar-refractivity contribution in [2.45, 2.75) is 0 Å². The van der Waals surface area contributed by atoms with E-state index in [1.54, 1.807) is 0 Å². The number of hydrogen-bond acceptors (Lipinski definition) is 3. The van der Waals surface area contributed by atoms with Crippen LogP contribution in [-0.4, -0.2) is 31.3 Å². The third-order valence-corrected chi connectivity index (χ3v) is 1.37. The molecule has 7 heteroatoms. The Morgan fingerprint density at radius 1 is 1.60 bits per heavy atom. The zero-order valence-electron chi connectivity index (χ0n) is 4.99. The minimum absolute atomic E-state index is 0.235. The van der Waals surface area contributed by atoms with Crippen LogP contribution in [0.4, 0.5) is 4.79 Å². The van der Waals surface area contributed by atoms with Gasteiger partial charge in [-0.2, -0.15) is 8.42 Å². The molecule has 0 aliphatic rings. The first-order chi connectivity index (χ1) is 4.42. The Morgan fingerprint density at radius 2 is 2.10 bits per heavy atom. The number of amides is 2. The van der Waals surface area contributed by atoms with Crippen molar-refractivity contribution < 1.29 is 17.8 Å².